The van der Waals surface area contributed by atoms with Crippen LogP contribution >= 0.6 is 11.3 Å². The first-order chi connectivity index (χ1) is 7.70. The monoisotopic (exact) mass is 241 g/mol. The van der Waals surface area contributed by atoms with Crippen LogP contribution in [0.1, 0.15) is 5.56 Å². The molecule has 88 valence electrons. The molecule has 1 aliphatic rings. The van der Waals surface area contributed by atoms with Crippen molar-refractivity contribution in [2.45, 2.75) is 18.6 Å². The Hall–Kier alpha value is -0.910. The zero-order chi connectivity index (χ0) is 11.5. The number of β-amino-alcohol motifs (C(OH)–C–C–N with tert-alkyl or cyclic N) is 1. The Morgan fingerprint density at radius 2 is 2.50 bits per heavy atom. The Morgan fingerprint density at radius 1 is 1.69 bits per heavy atom. The number of thiophene rings is 1. The number of aliphatic hydroxyl groups is 1. The molecule has 0 unspecified atom stereocenters. The lowest BCUT2D eigenvalue weighted by atomic mass is 10.2. The van der Waals surface area contributed by atoms with Gasteiger partial charge in [-0.25, -0.2) is 0 Å². The van der Waals surface area contributed by atoms with E-state index in [2.05, 4.69) is 0 Å². The van der Waals surface area contributed by atoms with Gasteiger partial charge in [0.05, 0.1) is 12.5 Å². The summed E-state index contributed by atoms with van der Waals surface area (Å²) in [6, 6.07) is 1.95. The second-order valence-electron chi connectivity index (χ2n) is 3.95. The van der Waals surface area contributed by atoms with Crippen LogP contribution in [0.25, 0.3) is 0 Å². The number of nitrogens with zero attached hydrogens (tertiary/aromatic N) is 1. The number of likely N-dealkylation sites (tertiary alicyclic amines) is 1. The van der Waals surface area contributed by atoms with Crippen molar-refractivity contribution >= 4 is 17.2 Å². The Balaban J connectivity index is 1.92. The molecule has 1 fully saturated rings. The van der Waals surface area contributed by atoms with Crippen LogP contribution in [0, 0.1) is 0 Å². The van der Waals surface area contributed by atoms with E-state index < -0.39 is 6.10 Å². The molecule has 2 heterocycles. The molecule has 2 atom stereocenters. The van der Waals surface area contributed by atoms with Crippen LogP contribution in [-0.2, 0) is 16.0 Å². The smallest absolute Gasteiger partial charge is 0.227 e. The van der Waals surface area contributed by atoms with E-state index in [4.69, 9.17) is 4.74 Å². The maximum absolute atomic E-state index is 11.9. The van der Waals surface area contributed by atoms with E-state index in [0.29, 0.717) is 19.5 Å². The van der Waals surface area contributed by atoms with Crippen molar-refractivity contribution in [1.82, 2.24) is 4.90 Å². The summed E-state index contributed by atoms with van der Waals surface area (Å²) in [5.74, 6) is 0.0528. The Morgan fingerprint density at radius 3 is 3.06 bits per heavy atom. The van der Waals surface area contributed by atoms with Crippen molar-refractivity contribution in [1.29, 1.82) is 0 Å². The van der Waals surface area contributed by atoms with E-state index in [1.807, 2.05) is 16.8 Å². The van der Waals surface area contributed by atoms with E-state index in [0.717, 1.165) is 5.56 Å². The molecule has 0 aliphatic carbocycles. The van der Waals surface area contributed by atoms with Gasteiger partial charge in [-0.2, -0.15) is 11.3 Å². The molecule has 5 heteroatoms. The highest BCUT2D eigenvalue weighted by Gasteiger charge is 2.33. The molecule has 1 amide bonds. The first kappa shape index (κ1) is 11.6. The van der Waals surface area contributed by atoms with Crippen LogP contribution < -0.4 is 0 Å². The van der Waals surface area contributed by atoms with E-state index in [1.165, 1.54) is 0 Å². The number of aliphatic hydroxyl groups excluding tert-OH is 1. The number of hydrogen-bond donors (Lipinski definition) is 1. The summed E-state index contributed by atoms with van der Waals surface area (Å²) in [6.07, 6.45) is -0.394. The van der Waals surface area contributed by atoms with E-state index in [-0.39, 0.29) is 12.0 Å². The number of carbonyl (C=O) groups excluding carboxylic acids is 1. The molecule has 0 aromatic carbocycles. The zero-order valence-electron chi connectivity index (χ0n) is 9.13. The average molecular weight is 241 g/mol. The number of carbonyl (C=O) groups is 1. The number of amides is 1. The second-order valence-corrected chi connectivity index (χ2v) is 4.73. The van der Waals surface area contributed by atoms with E-state index in [1.54, 1.807) is 23.3 Å². The summed E-state index contributed by atoms with van der Waals surface area (Å²) >= 11 is 1.58. The summed E-state index contributed by atoms with van der Waals surface area (Å²) in [5.41, 5.74) is 1.03. The third-order valence-corrected chi connectivity index (χ3v) is 3.56. The summed E-state index contributed by atoms with van der Waals surface area (Å²) in [7, 11) is 1.56. The minimum Gasteiger partial charge on any atom is -0.388 e. The Kier molecular flexibility index (Phi) is 3.58. The minimum atomic E-state index is -0.559. The lowest BCUT2D eigenvalue weighted by Crippen LogP contribution is -2.31. The number of rotatable bonds is 3. The second kappa shape index (κ2) is 4.95. The lowest BCUT2D eigenvalue weighted by molar-refractivity contribution is -0.130. The van der Waals surface area contributed by atoms with Crippen molar-refractivity contribution in [3.8, 4) is 0 Å². The largest absolute Gasteiger partial charge is 0.388 e. The van der Waals surface area contributed by atoms with Gasteiger partial charge in [-0.15, -0.1) is 0 Å². The molecule has 1 aromatic rings. The Labute approximate surface area is 98.4 Å². The van der Waals surface area contributed by atoms with E-state index in [9.17, 15) is 9.90 Å². The minimum absolute atomic E-state index is 0.0528. The van der Waals surface area contributed by atoms with Crippen LogP contribution in [0.4, 0.5) is 0 Å². The molecule has 0 spiro atoms. The molecule has 0 saturated carbocycles. The van der Waals surface area contributed by atoms with Crippen LogP contribution in [0.3, 0.4) is 0 Å². The highest BCUT2D eigenvalue weighted by Crippen LogP contribution is 2.15. The summed E-state index contributed by atoms with van der Waals surface area (Å²) in [5, 5.41) is 13.5. The van der Waals surface area contributed by atoms with Gasteiger partial charge < -0.3 is 14.7 Å². The van der Waals surface area contributed by atoms with Crippen molar-refractivity contribution in [3.63, 3.8) is 0 Å². The highest BCUT2D eigenvalue weighted by molar-refractivity contribution is 7.07. The van der Waals surface area contributed by atoms with Gasteiger partial charge in [-0.1, -0.05) is 0 Å². The molecule has 1 aliphatic heterocycles. The van der Waals surface area contributed by atoms with Gasteiger partial charge in [-0.3, -0.25) is 4.79 Å². The molecule has 1 aromatic heterocycles. The molecule has 4 nitrogen and oxygen atoms in total. The van der Waals surface area contributed by atoms with Crippen molar-refractivity contribution < 1.29 is 14.6 Å². The first-order valence-electron chi connectivity index (χ1n) is 5.20. The molecule has 1 N–H and O–H groups in total. The lowest BCUT2D eigenvalue weighted by Gasteiger charge is -2.15. The molecular formula is C11H15NO3S. The predicted molar refractivity (Wildman–Crippen MR) is 61.4 cm³/mol. The van der Waals surface area contributed by atoms with Gasteiger partial charge in [0.15, 0.2) is 0 Å². The maximum atomic E-state index is 11.9. The third kappa shape index (κ3) is 2.42. The molecule has 0 bridgehead atoms. The van der Waals surface area contributed by atoms with E-state index >= 15 is 0 Å². The standard InChI is InChI=1S/C11H15NO3S/c1-15-10-6-12(5-9(10)13)11(14)4-8-2-3-16-7-8/h2-3,7,9-10,13H,4-6H2,1H3/t9-,10-/m0/s1. The maximum Gasteiger partial charge on any atom is 0.227 e. The normalized spacial score (nSPS) is 25.0. The van der Waals surface area contributed by atoms with Gasteiger partial charge in [0.2, 0.25) is 5.91 Å². The highest BCUT2D eigenvalue weighted by atomic mass is 32.1. The zero-order valence-corrected chi connectivity index (χ0v) is 9.94. The quantitative estimate of drug-likeness (QED) is 0.839. The van der Waals surface area contributed by atoms with Gasteiger partial charge in [0.1, 0.15) is 6.10 Å². The van der Waals surface area contributed by atoms with Crippen molar-refractivity contribution in [2.75, 3.05) is 20.2 Å². The fourth-order valence-corrected chi connectivity index (χ4v) is 2.54. The fraction of sp³-hybridized carbons (Fsp3) is 0.545. The topological polar surface area (TPSA) is 49.8 Å². The SMILES string of the molecule is CO[C@H]1CN(C(=O)Cc2ccsc2)C[C@@H]1O. The fourth-order valence-electron chi connectivity index (χ4n) is 1.87. The van der Waals surface area contributed by atoms with Crippen LogP contribution in [0.15, 0.2) is 16.8 Å². The van der Waals surface area contributed by atoms with Gasteiger partial charge in [0, 0.05) is 20.2 Å². The number of methoxy groups -OCH3 is 1. The summed E-state index contributed by atoms with van der Waals surface area (Å²) in [6.45, 7) is 0.863. The average Bonchev–Trinajstić information content (AvgIpc) is 2.87. The predicted octanol–water partition coefficient (Wildman–Crippen LogP) is 0.509. The van der Waals surface area contributed by atoms with Crippen LogP contribution in [0.2, 0.25) is 0 Å². The molecule has 16 heavy (non-hydrogen) atoms. The van der Waals surface area contributed by atoms with Crippen LogP contribution in [-0.4, -0.2) is 48.3 Å². The number of hydrogen-bond acceptors (Lipinski definition) is 4. The van der Waals surface area contributed by atoms with Gasteiger partial charge >= 0.3 is 0 Å². The summed E-state index contributed by atoms with van der Waals surface area (Å²) < 4.78 is 5.10. The molecule has 0 radical (unpaired) electrons. The third-order valence-electron chi connectivity index (χ3n) is 2.83. The first-order valence-corrected chi connectivity index (χ1v) is 6.14. The number of ether oxygens (including phenoxy) is 1. The van der Waals surface area contributed by atoms with Crippen LogP contribution in [0.5, 0.6) is 0 Å². The van der Waals surface area contributed by atoms with Crippen molar-refractivity contribution in [2.24, 2.45) is 0 Å². The molecular weight excluding hydrogens is 226 g/mol. The van der Waals surface area contributed by atoms with Gasteiger partial charge in [-0.05, 0) is 22.4 Å². The van der Waals surface area contributed by atoms with Gasteiger partial charge in [0.25, 0.3) is 0 Å². The molecule has 2 rings (SSSR count). The van der Waals surface area contributed by atoms with Crippen molar-refractivity contribution in [3.05, 3.63) is 22.4 Å². The summed E-state index contributed by atoms with van der Waals surface area (Å²) in [4.78, 5) is 13.5. The Bertz CT molecular complexity index is 352. The molecule has 1 saturated heterocycles.